The number of rotatable bonds is 11. The lowest BCUT2D eigenvalue weighted by Crippen LogP contribution is -2.35. The van der Waals surface area contributed by atoms with E-state index in [0.29, 0.717) is 36.0 Å². The highest BCUT2D eigenvalue weighted by Gasteiger charge is 2.12. The van der Waals surface area contributed by atoms with Crippen LogP contribution >= 0.6 is 0 Å². The van der Waals surface area contributed by atoms with Crippen LogP contribution in [0, 0.1) is 6.92 Å². The Balaban J connectivity index is 1.53. The first kappa shape index (κ1) is 25.3. The van der Waals surface area contributed by atoms with Crippen molar-refractivity contribution in [3.63, 3.8) is 0 Å². The van der Waals surface area contributed by atoms with Crippen LogP contribution in [0.15, 0.2) is 71.8 Å². The van der Waals surface area contributed by atoms with Gasteiger partial charge in [-0.15, -0.1) is 0 Å². The minimum atomic E-state index is -0.465. The highest BCUT2D eigenvalue weighted by atomic mass is 16.5. The van der Waals surface area contributed by atoms with Gasteiger partial charge < -0.3 is 19.5 Å². The first-order valence-corrected chi connectivity index (χ1v) is 11.2. The van der Waals surface area contributed by atoms with E-state index in [0.717, 1.165) is 11.1 Å². The second kappa shape index (κ2) is 12.8. The lowest BCUT2D eigenvalue weighted by Gasteiger charge is -2.13. The van der Waals surface area contributed by atoms with Gasteiger partial charge in [0, 0.05) is 0 Å². The highest BCUT2D eigenvalue weighted by molar-refractivity contribution is 5.98. The summed E-state index contributed by atoms with van der Waals surface area (Å²) in [5.74, 6) is 0.753. The van der Waals surface area contributed by atoms with Gasteiger partial charge in [0.25, 0.3) is 11.8 Å². The lowest BCUT2D eigenvalue weighted by molar-refractivity contribution is -0.120. The molecule has 3 rings (SSSR count). The molecule has 0 saturated heterocycles. The smallest absolute Gasteiger partial charge is 0.259 e. The van der Waals surface area contributed by atoms with Crippen LogP contribution < -0.4 is 25.0 Å². The zero-order chi connectivity index (χ0) is 25.0. The molecule has 0 radical (unpaired) electrons. The average molecular weight is 476 g/mol. The van der Waals surface area contributed by atoms with E-state index in [1.807, 2.05) is 44.2 Å². The number of methoxy groups -OCH3 is 1. The Labute approximate surface area is 204 Å². The Hall–Kier alpha value is -4.33. The van der Waals surface area contributed by atoms with E-state index in [4.69, 9.17) is 14.2 Å². The third-order valence-electron chi connectivity index (χ3n) is 4.95. The molecule has 0 spiro atoms. The molecule has 0 heterocycles. The third-order valence-corrected chi connectivity index (χ3v) is 4.95. The van der Waals surface area contributed by atoms with Crippen LogP contribution in [0.2, 0.25) is 0 Å². The fourth-order valence-electron chi connectivity index (χ4n) is 3.14. The predicted molar refractivity (Wildman–Crippen MR) is 134 cm³/mol. The summed E-state index contributed by atoms with van der Waals surface area (Å²) in [6, 6.07) is 20.3. The Morgan fingerprint density at radius 3 is 2.46 bits per heavy atom. The Morgan fingerprint density at radius 2 is 1.71 bits per heavy atom. The van der Waals surface area contributed by atoms with Crippen LogP contribution in [0.25, 0.3) is 0 Å². The average Bonchev–Trinajstić information content (AvgIpc) is 2.88. The second-order valence-electron chi connectivity index (χ2n) is 7.59. The summed E-state index contributed by atoms with van der Waals surface area (Å²) in [5.41, 5.74) is 5.71. The Kier molecular flexibility index (Phi) is 9.24. The summed E-state index contributed by atoms with van der Waals surface area (Å²) in [7, 11) is 1.48. The van der Waals surface area contributed by atoms with E-state index in [2.05, 4.69) is 15.8 Å². The van der Waals surface area contributed by atoms with Crippen molar-refractivity contribution < 1.29 is 23.8 Å². The minimum absolute atomic E-state index is 0.232. The van der Waals surface area contributed by atoms with Crippen molar-refractivity contribution >= 4 is 18.0 Å². The quantitative estimate of drug-likeness (QED) is 0.324. The van der Waals surface area contributed by atoms with Gasteiger partial charge in [-0.25, -0.2) is 5.43 Å². The van der Waals surface area contributed by atoms with Crippen molar-refractivity contribution in [1.82, 2.24) is 10.7 Å². The molecule has 3 aromatic carbocycles. The molecule has 0 aliphatic rings. The molecule has 2 N–H and O–H groups in total. The Morgan fingerprint density at radius 1 is 0.943 bits per heavy atom. The van der Waals surface area contributed by atoms with Crippen molar-refractivity contribution in [2.75, 3.05) is 20.3 Å². The predicted octanol–water partition coefficient (Wildman–Crippen LogP) is 3.86. The third kappa shape index (κ3) is 7.60. The van der Waals surface area contributed by atoms with E-state index >= 15 is 0 Å². The first-order chi connectivity index (χ1) is 17.0. The summed E-state index contributed by atoms with van der Waals surface area (Å²) < 4.78 is 16.8. The number of hydrogen-bond acceptors (Lipinski definition) is 6. The number of carbonyl (C=O) groups excluding carboxylic acids is 2. The summed E-state index contributed by atoms with van der Waals surface area (Å²) >= 11 is 0. The number of nitrogens with one attached hydrogen (secondary N) is 2. The van der Waals surface area contributed by atoms with Crippen LogP contribution in [0.3, 0.4) is 0 Å². The SMILES string of the molecule is CCOc1cc(C=NNC(=O)CNC(=O)c2ccccc2OC)ccc1OCc1ccc(C)cc1. The molecule has 0 bridgehead atoms. The lowest BCUT2D eigenvalue weighted by atomic mass is 10.2. The number of amides is 2. The molecular formula is C27H29N3O5. The maximum atomic E-state index is 12.3. The summed E-state index contributed by atoms with van der Waals surface area (Å²) in [5, 5.41) is 6.51. The van der Waals surface area contributed by atoms with Crippen LogP contribution in [0.1, 0.15) is 34.0 Å². The van der Waals surface area contributed by atoms with Gasteiger partial charge in [-0.2, -0.15) is 5.10 Å². The van der Waals surface area contributed by atoms with Crippen molar-refractivity contribution in [2.45, 2.75) is 20.5 Å². The fraction of sp³-hybridized carbons (Fsp3) is 0.222. The van der Waals surface area contributed by atoms with Gasteiger partial charge in [0.2, 0.25) is 0 Å². The molecular weight excluding hydrogens is 446 g/mol. The highest BCUT2D eigenvalue weighted by Crippen LogP contribution is 2.29. The molecule has 182 valence electrons. The number of hydrazone groups is 1. The molecule has 8 heteroatoms. The number of benzene rings is 3. The van der Waals surface area contributed by atoms with Gasteiger partial charge >= 0.3 is 0 Å². The van der Waals surface area contributed by atoms with Gasteiger partial charge in [0.15, 0.2) is 11.5 Å². The second-order valence-corrected chi connectivity index (χ2v) is 7.59. The van der Waals surface area contributed by atoms with Crippen LogP contribution in [-0.2, 0) is 11.4 Å². The van der Waals surface area contributed by atoms with Gasteiger partial charge in [-0.1, -0.05) is 42.0 Å². The minimum Gasteiger partial charge on any atom is -0.496 e. The van der Waals surface area contributed by atoms with Crippen LogP contribution in [0.5, 0.6) is 17.2 Å². The molecule has 0 unspecified atom stereocenters. The molecule has 0 aliphatic carbocycles. The standard InChI is InChI=1S/C27H29N3O5/c1-4-34-25-15-21(13-14-24(25)35-18-20-11-9-19(2)10-12-20)16-29-30-26(31)17-28-27(32)22-7-5-6-8-23(22)33-3/h5-16H,4,17-18H2,1-3H3,(H,28,32)(H,30,31). The molecule has 0 fully saturated rings. The number of ether oxygens (including phenoxy) is 3. The van der Waals surface area contributed by atoms with Gasteiger partial charge in [-0.05, 0) is 55.3 Å². The zero-order valence-corrected chi connectivity index (χ0v) is 20.0. The van der Waals surface area contributed by atoms with Crippen LogP contribution in [0.4, 0.5) is 0 Å². The number of nitrogens with zero attached hydrogens (tertiary/aromatic N) is 1. The van der Waals surface area contributed by atoms with E-state index < -0.39 is 11.8 Å². The largest absolute Gasteiger partial charge is 0.496 e. The molecule has 8 nitrogen and oxygen atoms in total. The van der Waals surface area contributed by atoms with Crippen LogP contribution in [-0.4, -0.2) is 38.3 Å². The number of para-hydroxylation sites is 1. The number of carbonyl (C=O) groups is 2. The maximum absolute atomic E-state index is 12.3. The van der Waals surface area contributed by atoms with Crippen molar-refractivity contribution in [3.05, 3.63) is 89.0 Å². The van der Waals surface area contributed by atoms with Crippen molar-refractivity contribution in [1.29, 1.82) is 0 Å². The molecule has 0 saturated carbocycles. The molecule has 0 atom stereocenters. The molecule has 3 aromatic rings. The molecule has 0 aliphatic heterocycles. The van der Waals surface area contributed by atoms with Crippen molar-refractivity contribution in [2.24, 2.45) is 5.10 Å². The maximum Gasteiger partial charge on any atom is 0.259 e. The first-order valence-electron chi connectivity index (χ1n) is 11.2. The molecule has 35 heavy (non-hydrogen) atoms. The van der Waals surface area contributed by atoms with Crippen molar-refractivity contribution in [3.8, 4) is 17.2 Å². The summed E-state index contributed by atoms with van der Waals surface area (Å²) in [4.78, 5) is 24.4. The molecule has 0 aromatic heterocycles. The topological polar surface area (TPSA) is 98.2 Å². The Bertz CT molecular complexity index is 1180. The molecule has 2 amide bonds. The summed E-state index contributed by atoms with van der Waals surface area (Å²) in [6.45, 7) is 4.60. The van der Waals surface area contributed by atoms with E-state index in [1.54, 1.807) is 36.4 Å². The van der Waals surface area contributed by atoms with Gasteiger partial charge in [-0.3, -0.25) is 9.59 Å². The zero-order valence-electron chi connectivity index (χ0n) is 20.0. The number of aryl methyl sites for hydroxylation is 1. The van der Waals surface area contributed by atoms with Gasteiger partial charge in [0.05, 0.1) is 32.0 Å². The van der Waals surface area contributed by atoms with E-state index in [-0.39, 0.29) is 6.54 Å². The number of hydrogen-bond donors (Lipinski definition) is 2. The normalized spacial score (nSPS) is 10.6. The van der Waals surface area contributed by atoms with E-state index in [1.165, 1.54) is 18.9 Å². The fourth-order valence-corrected chi connectivity index (χ4v) is 3.14. The summed E-state index contributed by atoms with van der Waals surface area (Å²) in [6.07, 6.45) is 1.49. The monoisotopic (exact) mass is 475 g/mol. The van der Waals surface area contributed by atoms with Gasteiger partial charge in [0.1, 0.15) is 12.4 Å². The van der Waals surface area contributed by atoms with E-state index in [9.17, 15) is 9.59 Å².